The van der Waals surface area contributed by atoms with Gasteiger partial charge in [0, 0.05) is 6.54 Å². The van der Waals surface area contributed by atoms with Crippen LogP contribution in [0.3, 0.4) is 0 Å². The molecule has 0 unspecified atom stereocenters. The molecule has 1 heteroatoms. The van der Waals surface area contributed by atoms with Crippen LogP contribution in [-0.2, 0) is 6.54 Å². The molecule has 0 aromatic heterocycles. The third kappa shape index (κ3) is 1.88. The topological polar surface area (TPSA) is 26.0 Å². The van der Waals surface area contributed by atoms with Crippen LogP contribution in [-0.4, -0.2) is 0 Å². The first kappa shape index (κ1) is 10.2. The van der Waals surface area contributed by atoms with Crippen LogP contribution in [0.5, 0.6) is 0 Å². The zero-order valence-electron chi connectivity index (χ0n) is 9.33. The standard InChI is InChI=1S/C14H17N/c1-10(2)12-7-6-11-4-3-5-13(9-15)14(11)8-12/h3-8,10H,9,15H2,1-2H3. The van der Waals surface area contributed by atoms with Gasteiger partial charge in [-0.3, -0.25) is 0 Å². The van der Waals surface area contributed by atoms with E-state index in [4.69, 9.17) is 5.73 Å². The Morgan fingerprint density at radius 2 is 1.93 bits per heavy atom. The Balaban J connectivity index is 2.67. The lowest BCUT2D eigenvalue weighted by Crippen LogP contribution is -1.97. The summed E-state index contributed by atoms with van der Waals surface area (Å²) in [5.74, 6) is 0.570. The van der Waals surface area contributed by atoms with E-state index in [9.17, 15) is 0 Å². The molecule has 0 bridgehead atoms. The quantitative estimate of drug-likeness (QED) is 0.788. The Morgan fingerprint density at radius 3 is 2.60 bits per heavy atom. The van der Waals surface area contributed by atoms with E-state index >= 15 is 0 Å². The smallest absolute Gasteiger partial charge is 0.0184 e. The molecule has 2 aromatic rings. The molecule has 2 N–H and O–H groups in total. The number of hydrogen-bond donors (Lipinski definition) is 1. The highest BCUT2D eigenvalue weighted by atomic mass is 14.5. The maximum absolute atomic E-state index is 5.74. The summed E-state index contributed by atoms with van der Waals surface area (Å²) in [5.41, 5.74) is 8.35. The van der Waals surface area contributed by atoms with E-state index in [1.54, 1.807) is 0 Å². The van der Waals surface area contributed by atoms with Gasteiger partial charge in [0.15, 0.2) is 0 Å². The summed E-state index contributed by atoms with van der Waals surface area (Å²) >= 11 is 0. The summed E-state index contributed by atoms with van der Waals surface area (Å²) in [7, 11) is 0. The summed E-state index contributed by atoms with van der Waals surface area (Å²) < 4.78 is 0. The van der Waals surface area contributed by atoms with Crippen molar-refractivity contribution in [2.45, 2.75) is 26.3 Å². The molecule has 0 radical (unpaired) electrons. The number of nitrogens with two attached hydrogens (primary N) is 1. The molecule has 0 aliphatic carbocycles. The van der Waals surface area contributed by atoms with Crippen molar-refractivity contribution in [1.82, 2.24) is 0 Å². The van der Waals surface area contributed by atoms with Gasteiger partial charge in [-0.15, -0.1) is 0 Å². The second kappa shape index (κ2) is 4.03. The van der Waals surface area contributed by atoms with Gasteiger partial charge in [0.1, 0.15) is 0 Å². The SMILES string of the molecule is CC(C)c1ccc2cccc(CN)c2c1. The molecule has 0 atom stereocenters. The lowest BCUT2D eigenvalue weighted by atomic mass is 9.97. The van der Waals surface area contributed by atoms with Gasteiger partial charge in [0.05, 0.1) is 0 Å². The second-order valence-corrected chi connectivity index (χ2v) is 4.26. The zero-order chi connectivity index (χ0) is 10.8. The van der Waals surface area contributed by atoms with Crippen LogP contribution >= 0.6 is 0 Å². The molecule has 0 amide bonds. The van der Waals surface area contributed by atoms with Gasteiger partial charge in [0.25, 0.3) is 0 Å². The first-order valence-corrected chi connectivity index (χ1v) is 5.44. The van der Waals surface area contributed by atoms with E-state index < -0.39 is 0 Å². The summed E-state index contributed by atoms with van der Waals surface area (Å²) in [5, 5.41) is 2.58. The largest absolute Gasteiger partial charge is 0.326 e. The highest BCUT2D eigenvalue weighted by molar-refractivity contribution is 5.86. The second-order valence-electron chi connectivity index (χ2n) is 4.26. The van der Waals surface area contributed by atoms with Crippen LogP contribution in [0.2, 0.25) is 0 Å². The van der Waals surface area contributed by atoms with Crippen LogP contribution in [0.15, 0.2) is 36.4 Å². The van der Waals surface area contributed by atoms with Gasteiger partial charge >= 0.3 is 0 Å². The zero-order valence-corrected chi connectivity index (χ0v) is 9.33. The number of hydrogen-bond acceptors (Lipinski definition) is 1. The summed E-state index contributed by atoms with van der Waals surface area (Å²) in [6, 6.07) is 13.0. The predicted molar refractivity (Wildman–Crippen MR) is 65.9 cm³/mol. The molecule has 0 saturated heterocycles. The maximum Gasteiger partial charge on any atom is 0.0184 e. The van der Waals surface area contributed by atoms with E-state index in [0.717, 1.165) is 0 Å². The van der Waals surface area contributed by atoms with E-state index in [1.807, 2.05) is 0 Å². The molecule has 0 fully saturated rings. The lowest BCUT2D eigenvalue weighted by Gasteiger charge is -2.09. The lowest BCUT2D eigenvalue weighted by molar-refractivity contribution is 0.868. The molecular formula is C14H17N. The first-order chi connectivity index (χ1) is 7.22. The molecule has 0 saturated carbocycles. The van der Waals surface area contributed by atoms with E-state index in [2.05, 4.69) is 50.2 Å². The Labute approximate surface area is 90.9 Å². The van der Waals surface area contributed by atoms with Crippen molar-refractivity contribution in [2.75, 3.05) is 0 Å². The van der Waals surface area contributed by atoms with Gasteiger partial charge < -0.3 is 5.73 Å². The Hall–Kier alpha value is -1.34. The van der Waals surface area contributed by atoms with Crippen LogP contribution in [0.1, 0.15) is 30.9 Å². The highest BCUT2D eigenvalue weighted by Crippen LogP contribution is 2.23. The van der Waals surface area contributed by atoms with Gasteiger partial charge in [-0.2, -0.15) is 0 Å². The van der Waals surface area contributed by atoms with E-state index in [1.165, 1.54) is 21.9 Å². The minimum absolute atomic E-state index is 0.570. The van der Waals surface area contributed by atoms with E-state index in [0.29, 0.717) is 12.5 Å². The van der Waals surface area contributed by atoms with Crippen molar-refractivity contribution in [1.29, 1.82) is 0 Å². The molecule has 1 nitrogen and oxygen atoms in total. The average Bonchev–Trinajstić information content (AvgIpc) is 2.27. The summed E-state index contributed by atoms with van der Waals surface area (Å²) in [4.78, 5) is 0. The van der Waals surface area contributed by atoms with Crippen molar-refractivity contribution in [3.8, 4) is 0 Å². The molecule has 2 rings (SSSR count). The van der Waals surface area contributed by atoms with Crippen LogP contribution in [0.4, 0.5) is 0 Å². The van der Waals surface area contributed by atoms with Gasteiger partial charge in [-0.1, -0.05) is 50.2 Å². The van der Waals surface area contributed by atoms with E-state index in [-0.39, 0.29) is 0 Å². The van der Waals surface area contributed by atoms with Crippen molar-refractivity contribution in [2.24, 2.45) is 5.73 Å². The summed E-state index contributed by atoms with van der Waals surface area (Å²) in [6.45, 7) is 5.04. The molecule has 0 spiro atoms. The third-order valence-electron chi connectivity index (χ3n) is 2.88. The molecule has 0 aliphatic heterocycles. The third-order valence-corrected chi connectivity index (χ3v) is 2.88. The normalized spacial score (nSPS) is 11.2. The fraction of sp³-hybridized carbons (Fsp3) is 0.286. The number of fused-ring (bicyclic) bond motifs is 1. The summed E-state index contributed by atoms with van der Waals surface area (Å²) in [6.07, 6.45) is 0. The van der Waals surface area contributed by atoms with Crippen LogP contribution in [0.25, 0.3) is 10.8 Å². The Kier molecular flexibility index (Phi) is 2.74. The van der Waals surface area contributed by atoms with Crippen molar-refractivity contribution >= 4 is 10.8 Å². The molecule has 15 heavy (non-hydrogen) atoms. The highest BCUT2D eigenvalue weighted by Gasteiger charge is 2.03. The van der Waals surface area contributed by atoms with Crippen LogP contribution in [0, 0.1) is 0 Å². The number of rotatable bonds is 2. The Bertz CT molecular complexity index is 472. The molecule has 78 valence electrons. The average molecular weight is 199 g/mol. The van der Waals surface area contributed by atoms with Crippen LogP contribution < -0.4 is 5.73 Å². The molecule has 0 aliphatic rings. The minimum Gasteiger partial charge on any atom is -0.326 e. The fourth-order valence-corrected chi connectivity index (χ4v) is 1.89. The first-order valence-electron chi connectivity index (χ1n) is 5.44. The maximum atomic E-state index is 5.74. The predicted octanol–water partition coefficient (Wildman–Crippen LogP) is 3.42. The molecular weight excluding hydrogens is 182 g/mol. The van der Waals surface area contributed by atoms with Crippen molar-refractivity contribution in [3.05, 3.63) is 47.5 Å². The minimum atomic E-state index is 0.570. The van der Waals surface area contributed by atoms with Gasteiger partial charge in [-0.05, 0) is 27.8 Å². The fourth-order valence-electron chi connectivity index (χ4n) is 1.89. The molecule has 0 heterocycles. The number of benzene rings is 2. The van der Waals surface area contributed by atoms with Crippen molar-refractivity contribution < 1.29 is 0 Å². The van der Waals surface area contributed by atoms with Gasteiger partial charge in [-0.25, -0.2) is 0 Å². The Morgan fingerprint density at radius 1 is 1.13 bits per heavy atom. The van der Waals surface area contributed by atoms with Gasteiger partial charge in [0.2, 0.25) is 0 Å². The monoisotopic (exact) mass is 199 g/mol. The van der Waals surface area contributed by atoms with Crippen molar-refractivity contribution in [3.63, 3.8) is 0 Å². The molecule has 2 aromatic carbocycles.